The number of carboxylic acids is 1. The van der Waals surface area contributed by atoms with Gasteiger partial charge in [-0.15, -0.1) is 0 Å². The summed E-state index contributed by atoms with van der Waals surface area (Å²) in [6, 6.07) is 11.2. The second-order valence-electron chi connectivity index (χ2n) is 7.41. The molecule has 30 heavy (non-hydrogen) atoms. The van der Waals surface area contributed by atoms with Crippen LogP contribution in [-0.2, 0) is 22.6 Å². The minimum absolute atomic E-state index is 0.000920. The van der Waals surface area contributed by atoms with E-state index in [9.17, 15) is 14.0 Å². The first kappa shape index (κ1) is 22.1. The van der Waals surface area contributed by atoms with E-state index in [0.29, 0.717) is 42.5 Å². The lowest BCUT2D eigenvalue weighted by Crippen LogP contribution is -2.54. The average molecular weight is 435 g/mol. The molecule has 1 heterocycles. The van der Waals surface area contributed by atoms with Gasteiger partial charge in [-0.2, -0.15) is 0 Å². The maximum atomic E-state index is 13.1. The van der Waals surface area contributed by atoms with Crippen molar-refractivity contribution in [3.05, 3.63) is 64.4 Å². The van der Waals surface area contributed by atoms with Crippen LogP contribution < -0.4 is 4.74 Å². The van der Waals surface area contributed by atoms with Crippen molar-refractivity contribution in [2.45, 2.75) is 25.9 Å². The lowest BCUT2D eigenvalue weighted by atomic mass is 10.1. The Morgan fingerprint density at radius 3 is 2.60 bits per heavy atom. The Kier molecular flexibility index (Phi) is 7.29. The van der Waals surface area contributed by atoms with E-state index in [1.54, 1.807) is 29.2 Å². The van der Waals surface area contributed by atoms with E-state index < -0.39 is 5.97 Å². The molecule has 1 aliphatic rings. The number of rotatable bonds is 7. The summed E-state index contributed by atoms with van der Waals surface area (Å²) in [5.41, 5.74) is 1.46. The summed E-state index contributed by atoms with van der Waals surface area (Å²) in [6.07, 6.45) is -0.234. The standard InChI is InChI=1S/C22H24ClFN2O4/c1-15-12-25(13-16-2-5-19(24)6-3-16)8-9-26(15)21(27)14-30-20-7-4-18(23)10-17(20)11-22(28)29/h2-7,10,15H,8-9,11-14H2,1H3,(H,28,29). The molecule has 0 spiro atoms. The van der Waals surface area contributed by atoms with Gasteiger partial charge in [-0.1, -0.05) is 23.7 Å². The number of hydrogen-bond acceptors (Lipinski definition) is 4. The molecule has 1 N–H and O–H groups in total. The summed E-state index contributed by atoms with van der Waals surface area (Å²) < 4.78 is 18.7. The van der Waals surface area contributed by atoms with Crippen molar-refractivity contribution in [2.75, 3.05) is 26.2 Å². The Balaban J connectivity index is 1.54. The van der Waals surface area contributed by atoms with Gasteiger partial charge in [0.15, 0.2) is 6.61 Å². The summed E-state index contributed by atoms with van der Waals surface area (Å²) in [6.45, 7) is 4.48. The van der Waals surface area contributed by atoms with Crippen molar-refractivity contribution < 1.29 is 23.8 Å². The molecular weight excluding hydrogens is 411 g/mol. The molecule has 0 radical (unpaired) electrons. The molecule has 0 bridgehead atoms. The Morgan fingerprint density at radius 1 is 1.20 bits per heavy atom. The number of carbonyl (C=O) groups excluding carboxylic acids is 1. The lowest BCUT2D eigenvalue weighted by Gasteiger charge is -2.39. The van der Waals surface area contributed by atoms with Crippen LogP contribution in [0.3, 0.4) is 0 Å². The Bertz CT molecular complexity index is 907. The van der Waals surface area contributed by atoms with Crippen LogP contribution >= 0.6 is 11.6 Å². The monoisotopic (exact) mass is 434 g/mol. The van der Waals surface area contributed by atoms with Crippen molar-refractivity contribution in [2.24, 2.45) is 0 Å². The smallest absolute Gasteiger partial charge is 0.307 e. The summed E-state index contributed by atoms with van der Waals surface area (Å²) in [5, 5.41) is 9.46. The zero-order valence-corrected chi connectivity index (χ0v) is 17.4. The van der Waals surface area contributed by atoms with E-state index in [1.807, 2.05) is 6.92 Å². The van der Waals surface area contributed by atoms with Crippen LogP contribution in [0.4, 0.5) is 4.39 Å². The summed E-state index contributed by atoms with van der Waals surface area (Å²) in [7, 11) is 0. The zero-order chi connectivity index (χ0) is 21.7. The van der Waals surface area contributed by atoms with Crippen LogP contribution in [-0.4, -0.2) is 59.1 Å². The van der Waals surface area contributed by atoms with Gasteiger partial charge >= 0.3 is 5.97 Å². The number of benzene rings is 2. The molecule has 0 saturated carbocycles. The van der Waals surface area contributed by atoms with Gasteiger partial charge in [0.05, 0.1) is 6.42 Å². The predicted molar refractivity (Wildman–Crippen MR) is 111 cm³/mol. The van der Waals surface area contributed by atoms with Gasteiger partial charge in [-0.3, -0.25) is 14.5 Å². The molecular formula is C22H24ClFN2O4. The molecule has 1 aliphatic heterocycles. The molecule has 2 aromatic rings. The van der Waals surface area contributed by atoms with Crippen LogP contribution in [0.1, 0.15) is 18.1 Å². The second-order valence-corrected chi connectivity index (χ2v) is 7.85. The molecule has 3 rings (SSSR count). The highest BCUT2D eigenvalue weighted by atomic mass is 35.5. The average Bonchev–Trinajstić information content (AvgIpc) is 2.68. The number of amides is 1. The van der Waals surface area contributed by atoms with Gasteiger partial charge < -0.3 is 14.7 Å². The minimum atomic E-state index is -1.00. The van der Waals surface area contributed by atoms with Gasteiger partial charge in [-0.05, 0) is 42.8 Å². The molecule has 1 unspecified atom stereocenters. The van der Waals surface area contributed by atoms with Gasteiger partial charge in [0, 0.05) is 42.8 Å². The third-order valence-electron chi connectivity index (χ3n) is 5.07. The molecule has 1 atom stereocenters. The van der Waals surface area contributed by atoms with Crippen LogP contribution in [0, 0.1) is 5.82 Å². The molecule has 1 saturated heterocycles. The SMILES string of the molecule is CC1CN(Cc2ccc(F)cc2)CCN1C(=O)COc1ccc(Cl)cc1CC(=O)O. The third kappa shape index (κ3) is 5.93. The van der Waals surface area contributed by atoms with Crippen LogP contribution in [0.25, 0.3) is 0 Å². The van der Waals surface area contributed by atoms with Crippen molar-refractivity contribution in [1.29, 1.82) is 0 Å². The number of carbonyl (C=O) groups is 2. The highest BCUT2D eigenvalue weighted by Gasteiger charge is 2.27. The minimum Gasteiger partial charge on any atom is -0.483 e. The molecule has 160 valence electrons. The quantitative estimate of drug-likeness (QED) is 0.724. The number of aliphatic carboxylic acids is 1. The summed E-state index contributed by atoms with van der Waals surface area (Å²) in [5.74, 6) is -1.06. The fourth-order valence-corrected chi connectivity index (χ4v) is 3.80. The molecule has 1 fully saturated rings. The van der Waals surface area contributed by atoms with E-state index >= 15 is 0 Å². The largest absolute Gasteiger partial charge is 0.483 e. The Labute approximate surface area is 179 Å². The molecule has 8 heteroatoms. The van der Waals surface area contributed by atoms with Crippen molar-refractivity contribution in [1.82, 2.24) is 9.80 Å². The Morgan fingerprint density at radius 2 is 1.93 bits per heavy atom. The number of hydrogen-bond donors (Lipinski definition) is 1. The first-order valence-electron chi connectivity index (χ1n) is 9.71. The van der Waals surface area contributed by atoms with E-state index in [1.165, 1.54) is 18.2 Å². The van der Waals surface area contributed by atoms with Gasteiger partial charge in [-0.25, -0.2) is 4.39 Å². The van der Waals surface area contributed by atoms with E-state index in [2.05, 4.69) is 4.90 Å². The number of carboxylic acid groups (broad SMARTS) is 1. The van der Waals surface area contributed by atoms with Crippen LogP contribution in [0.2, 0.25) is 5.02 Å². The highest BCUT2D eigenvalue weighted by molar-refractivity contribution is 6.30. The van der Waals surface area contributed by atoms with E-state index in [4.69, 9.17) is 21.4 Å². The van der Waals surface area contributed by atoms with Crippen LogP contribution in [0.15, 0.2) is 42.5 Å². The number of nitrogens with zero attached hydrogens (tertiary/aromatic N) is 2. The molecule has 0 aliphatic carbocycles. The first-order chi connectivity index (χ1) is 14.3. The second kappa shape index (κ2) is 9.91. The van der Waals surface area contributed by atoms with Crippen LogP contribution in [0.5, 0.6) is 5.75 Å². The maximum Gasteiger partial charge on any atom is 0.307 e. The molecule has 1 amide bonds. The van der Waals surface area contributed by atoms with Crippen molar-refractivity contribution in [3.63, 3.8) is 0 Å². The molecule has 6 nitrogen and oxygen atoms in total. The highest BCUT2D eigenvalue weighted by Crippen LogP contribution is 2.24. The first-order valence-corrected chi connectivity index (χ1v) is 10.1. The normalized spacial score (nSPS) is 17.0. The molecule has 2 aromatic carbocycles. The number of piperazine rings is 1. The third-order valence-corrected chi connectivity index (χ3v) is 5.30. The Hall–Kier alpha value is -2.64. The number of halogens is 2. The van der Waals surface area contributed by atoms with Gasteiger partial charge in [0.1, 0.15) is 11.6 Å². The maximum absolute atomic E-state index is 13.1. The van der Waals surface area contributed by atoms with Gasteiger partial charge in [0.2, 0.25) is 0 Å². The molecule has 0 aromatic heterocycles. The lowest BCUT2D eigenvalue weighted by molar-refractivity contribution is -0.138. The van der Waals surface area contributed by atoms with E-state index in [-0.39, 0.29) is 30.8 Å². The van der Waals surface area contributed by atoms with E-state index in [0.717, 1.165) is 5.56 Å². The topological polar surface area (TPSA) is 70.1 Å². The van der Waals surface area contributed by atoms with Gasteiger partial charge in [0.25, 0.3) is 5.91 Å². The number of ether oxygens (including phenoxy) is 1. The fourth-order valence-electron chi connectivity index (χ4n) is 3.61. The summed E-state index contributed by atoms with van der Waals surface area (Å²) >= 11 is 5.94. The van der Waals surface area contributed by atoms with Crippen molar-refractivity contribution in [3.8, 4) is 5.75 Å². The predicted octanol–water partition coefficient (Wildman–Crippen LogP) is 3.22. The zero-order valence-electron chi connectivity index (χ0n) is 16.7. The van der Waals surface area contributed by atoms with Crippen molar-refractivity contribution >= 4 is 23.5 Å². The summed E-state index contributed by atoms with van der Waals surface area (Å²) in [4.78, 5) is 27.7. The fraction of sp³-hybridized carbons (Fsp3) is 0.364.